The van der Waals surface area contributed by atoms with E-state index in [2.05, 4.69) is 32.0 Å². The van der Waals surface area contributed by atoms with Crippen LogP contribution in [0.25, 0.3) is 10.9 Å². The SMILES string of the molecule is CCC(=O)COc1cc2cc(Nc3nc(N4CCN(CC)CC4)ncc3Cl)ccc2n(CCOC)c1=O. The number of nitrogens with zero attached hydrogens (tertiary/aromatic N) is 5. The van der Waals surface area contributed by atoms with Crippen LogP contribution in [0, 0.1) is 0 Å². The number of Topliss-reactive ketones (excluding diaryl/α,β-unsaturated/α-hetero) is 1. The molecule has 0 unspecified atom stereocenters. The molecule has 0 aliphatic carbocycles. The number of nitrogens with one attached hydrogen (secondary N) is 1. The zero-order valence-electron chi connectivity index (χ0n) is 21.5. The predicted molar refractivity (Wildman–Crippen MR) is 146 cm³/mol. The van der Waals surface area contributed by atoms with Crippen molar-refractivity contribution in [3.8, 4) is 5.75 Å². The summed E-state index contributed by atoms with van der Waals surface area (Å²) < 4.78 is 12.4. The molecule has 1 saturated heterocycles. The Labute approximate surface area is 221 Å². The first-order valence-electron chi connectivity index (χ1n) is 12.5. The van der Waals surface area contributed by atoms with Crippen molar-refractivity contribution in [2.24, 2.45) is 0 Å². The first-order chi connectivity index (χ1) is 17.9. The third kappa shape index (κ3) is 6.38. The number of ether oxygens (including phenoxy) is 2. The zero-order valence-corrected chi connectivity index (χ0v) is 22.3. The van der Waals surface area contributed by atoms with Gasteiger partial charge in [0.25, 0.3) is 5.56 Å². The highest BCUT2D eigenvalue weighted by molar-refractivity contribution is 6.32. The summed E-state index contributed by atoms with van der Waals surface area (Å²) in [7, 11) is 1.58. The van der Waals surface area contributed by atoms with E-state index >= 15 is 0 Å². The molecule has 0 amide bonds. The minimum atomic E-state index is -0.305. The van der Waals surface area contributed by atoms with E-state index in [1.54, 1.807) is 30.9 Å². The Morgan fingerprint density at radius 2 is 1.95 bits per heavy atom. The fraction of sp³-hybridized carbons (Fsp3) is 0.462. The van der Waals surface area contributed by atoms with Gasteiger partial charge in [-0.15, -0.1) is 0 Å². The van der Waals surface area contributed by atoms with Gasteiger partial charge in [0.05, 0.1) is 18.3 Å². The van der Waals surface area contributed by atoms with Crippen molar-refractivity contribution in [3.05, 3.63) is 45.8 Å². The van der Waals surface area contributed by atoms with Gasteiger partial charge in [-0.3, -0.25) is 9.59 Å². The van der Waals surface area contributed by atoms with Crippen LogP contribution in [0.4, 0.5) is 17.5 Å². The molecule has 11 heteroatoms. The number of halogens is 1. The fourth-order valence-corrected chi connectivity index (χ4v) is 4.34. The van der Waals surface area contributed by atoms with Crippen LogP contribution in [0.2, 0.25) is 5.02 Å². The van der Waals surface area contributed by atoms with Crippen LogP contribution in [-0.2, 0) is 16.1 Å². The molecule has 1 aromatic carbocycles. The van der Waals surface area contributed by atoms with Gasteiger partial charge in [-0.25, -0.2) is 4.98 Å². The molecule has 198 valence electrons. The van der Waals surface area contributed by atoms with Gasteiger partial charge in [-0.2, -0.15) is 4.98 Å². The normalized spacial score (nSPS) is 14.2. The van der Waals surface area contributed by atoms with E-state index in [-0.39, 0.29) is 23.7 Å². The van der Waals surface area contributed by atoms with E-state index in [0.717, 1.165) is 49.3 Å². The molecular weight excluding hydrogens is 496 g/mol. The number of carbonyl (C=O) groups excluding carboxylic acids is 1. The molecule has 0 spiro atoms. The van der Waals surface area contributed by atoms with Crippen molar-refractivity contribution >= 4 is 45.7 Å². The van der Waals surface area contributed by atoms with Crippen molar-refractivity contribution in [1.29, 1.82) is 0 Å². The minimum absolute atomic E-state index is 0.0799. The first kappa shape index (κ1) is 26.8. The van der Waals surface area contributed by atoms with Gasteiger partial charge in [-0.05, 0) is 30.8 Å². The monoisotopic (exact) mass is 528 g/mol. The van der Waals surface area contributed by atoms with Gasteiger partial charge in [0, 0.05) is 57.3 Å². The lowest BCUT2D eigenvalue weighted by Crippen LogP contribution is -2.46. The lowest BCUT2D eigenvalue weighted by molar-refractivity contribution is -0.120. The van der Waals surface area contributed by atoms with Crippen LogP contribution >= 0.6 is 11.6 Å². The summed E-state index contributed by atoms with van der Waals surface area (Å²) in [4.78, 5) is 38.5. The van der Waals surface area contributed by atoms with Crippen LogP contribution < -0.4 is 20.5 Å². The maximum absolute atomic E-state index is 13.1. The summed E-state index contributed by atoms with van der Waals surface area (Å²) in [6.07, 6.45) is 1.95. The Hall–Kier alpha value is -3.21. The molecule has 3 aromatic rings. The molecule has 0 saturated carbocycles. The number of aromatic nitrogens is 3. The largest absolute Gasteiger partial charge is 0.480 e. The summed E-state index contributed by atoms with van der Waals surface area (Å²) in [5.41, 5.74) is 1.16. The Morgan fingerprint density at radius 1 is 1.16 bits per heavy atom. The molecule has 10 nitrogen and oxygen atoms in total. The summed E-state index contributed by atoms with van der Waals surface area (Å²) in [6, 6.07) is 7.28. The van der Waals surface area contributed by atoms with Crippen molar-refractivity contribution < 1.29 is 14.3 Å². The number of hydrogen-bond acceptors (Lipinski definition) is 9. The zero-order chi connectivity index (χ0) is 26.4. The number of anilines is 3. The molecule has 0 radical (unpaired) electrons. The summed E-state index contributed by atoms with van der Waals surface area (Å²) in [6.45, 7) is 9.16. The molecule has 2 aromatic heterocycles. The highest BCUT2D eigenvalue weighted by Crippen LogP contribution is 2.28. The van der Waals surface area contributed by atoms with Crippen molar-refractivity contribution in [2.45, 2.75) is 26.8 Å². The molecule has 3 heterocycles. The number of benzene rings is 1. The number of hydrogen-bond donors (Lipinski definition) is 1. The maximum atomic E-state index is 13.1. The molecule has 1 fully saturated rings. The minimum Gasteiger partial charge on any atom is -0.480 e. The number of rotatable bonds is 11. The second-order valence-electron chi connectivity index (χ2n) is 8.83. The lowest BCUT2D eigenvalue weighted by Gasteiger charge is -2.34. The van der Waals surface area contributed by atoms with E-state index in [9.17, 15) is 9.59 Å². The van der Waals surface area contributed by atoms with Crippen LogP contribution in [0.3, 0.4) is 0 Å². The summed E-state index contributed by atoms with van der Waals surface area (Å²) >= 11 is 6.44. The number of carbonyl (C=O) groups is 1. The highest BCUT2D eigenvalue weighted by atomic mass is 35.5. The van der Waals surface area contributed by atoms with Crippen LogP contribution in [0.1, 0.15) is 20.3 Å². The smallest absolute Gasteiger partial charge is 0.293 e. The standard InChI is InChI=1S/C26H33ClN6O4/c1-4-20(34)17-37-23-15-18-14-19(6-7-22(18)33(25(23)35)12-13-36-3)29-24-21(27)16-28-26(30-24)32-10-8-31(5-2)9-11-32/h6-7,14-16H,4-5,8-13,17H2,1-3H3,(H,28,29,30). The van der Waals surface area contributed by atoms with E-state index in [4.69, 9.17) is 21.1 Å². The van der Waals surface area contributed by atoms with Gasteiger partial charge >= 0.3 is 0 Å². The summed E-state index contributed by atoms with van der Waals surface area (Å²) in [5.74, 6) is 1.18. The Kier molecular flexibility index (Phi) is 8.96. The van der Waals surface area contributed by atoms with Crippen LogP contribution in [0.5, 0.6) is 5.75 Å². The van der Waals surface area contributed by atoms with Gasteiger partial charge < -0.3 is 29.2 Å². The van der Waals surface area contributed by atoms with E-state index in [1.807, 2.05) is 18.2 Å². The van der Waals surface area contributed by atoms with E-state index < -0.39 is 0 Å². The number of piperazine rings is 1. The molecule has 0 bridgehead atoms. The van der Waals surface area contributed by atoms with Gasteiger partial charge in [0.2, 0.25) is 5.95 Å². The van der Waals surface area contributed by atoms with Crippen molar-refractivity contribution in [2.75, 3.05) is 63.3 Å². The van der Waals surface area contributed by atoms with Gasteiger partial charge in [0.1, 0.15) is 11.6 Å². The molecule has 1 aliphatic heterocycles. The van der Waals surface area contributed by atoms with Gasteiger partial charge in [-0.1, -0.05) is 25.4 Å². The fourth-order valence-electron chi connectivity index (χ4n) is 4.21. The number of fused-ring (bicyclic) bond motifs is 1. The van der Waals surface area contributed by atoms with Crippen LogP contribution in [0.15, 0.2) is 35.3 Å². The van der Waals surface area contributed by atoms with Crippen molar-refractivity contribution in [1.82, 2.24) is 19.4 Å². The number of pyridine rings is 1. The maximum Gasteiger partial charge on any atom is 0.293 e. The molecule has 0 atom stereocenters. The number of methoxy groups -OCH3 is 1. The average Bonchev–Trinajstić information content (AvgIpc) is 2.92. The Morgan fingerprint density at radius 3 is 2.65 bits per heavy atom. The average molecular weight is 529 g/mol. The Bertz CT molecular complexity index is 1310. The molecule has 37 heavy (non-hydrogen) atoms. The van der Waals surface area contributed by atoms with Gasteiger partial charge in [0.15, 0.2) is 17.4 Å². The summed E-state index contributed by atoms with van der Waals surface area (Å²) in [5, 5.41) is 4.46. The van der Waals surface area contributed by atoms with Crippen molar-refractivity contribution in [3.63, 3.8) is 0 Å². The molecular formula is C26H33ClN6O4. The topological polar surface area (TPSA) is 102 Å². The second-order valence-corrected chi connectivity index (χ2v) is 9.23. The van der Waals surface area contributed by atoms with E-state index in [0.29, 0.717) is 36.4 Å². The quantitative estimate of drug-likeness (QED) is 0.401. The third-order valence-corrected chi connectivity index (χ3v) is 6.74. The lowest BCUT2D eigenvalue weighted by atomic mass is 10.1. The first-order valence-corrected chi connectivity index (χ1v) is 12.9. The van der Waals surface area contributed by atoms with Crippen LogP contribution in [-0.4, -0.2) is 78.3 Å². The number of likely N-dealkylation sites (N-methyl/N-ethyl adjacent to an activating group) is 1. The molecule has 1 aliphatic rings. The number of ketones is 1. The van der Waals surface area contributed by atoms with E-state index in [1.165, 1.54) is 0 Å². The highest BCUT2D eigenvalue weighted by Gasteiger charge is 2.19. The molecule has 4 rings (SSSR count). The second kappa shape index (κ2) is 12.4. The predicted octanol–water partition coefficient (Wildman–Crippen LogP) is 3.33. The third-order valence-electron chi connectivity index (χ3n) is 6.46. The molecule has 1 N–H and O–H groups in total. The Balaban J connectivity index is 1.63.